The molecule has 2 rings (SSSR count). The summed E-state index contributed by atoms with van der Waals surface area (Å²) in [6.45, 7) is 14.0. The Bertz CT molecular complexity index is 972. The number of allylic oxidation sites excluding steroid dienone is 6. The number of carbonyl (C=O) groups is 1. The van der Waals surface area contributed by atoms with Crippen LogP contribution >= 0.6 is 11.6 Å². The van der Waals surface area contributed by atoms with Gasteiger partial charge in [0.15, 0.2) is 0 Å². The summed E-state index contributed by atoms with van der Waals surface area (Å²) in [5.74, 6) is -0.133. The van der Waals surface area contributed by atoms with Crippen molar-refractivity contribution in [2.75, 3.05) is 0 Å². The molecule has 0 bridgehead atoms. The van der Waals surface area contributed by atoms with Gasteiger partial charge in [-0.15, -0.1) is 0 Å². The Morgan fingerprint density at radius 1 is 1.15 bits per heavy atom. The van der Waals surface area contributed by atoms with Crippen LogP contribution in [-0.4, -0.2) is 16.2 Å². The molecule has 33 heavy (non-hydrogen) atoms. The van der Waals surface area contributed by atoms with Gasteiger partial charge >= 0.3 is 5.97 Å². The summed E-state index contributed by atoms with van der Waals surface area (Å²) >= 11 is 6.06. The van der Waals surface area contributed by atoms with Crippen molar-refractivity contribution in [3.05, 3.63) is 82.2 Å². The minimum Gasteiger partial charge on any atom is -0.454 e. The van der Waals surface area contributed by atoms with Gasteiger partial charge in [-0.1, -0.05) is 74.4 Å². The van der Waals surface area contributed by atoms with Gasteiger partial charge in [0, 0.05) is 22.7 Å². The maximum absolute atomic E-state index is 11.8. The Morgan fingerprint density at radius 2 is 1.88 bits per heavy atom. The molecular formula is C28H39ClN2O2. The molecule has 0 aliphatic heterocycles. The second kappa shape index (κ2) is 14.5. The van der Waals surface area contributed by atoms with E-state index >= 15 is 0 Å². The second-order valence-electron chi connectivity index (χ2n) is 8.25. The number of rotatable bonds is 9. The number of aryl methyl sites for hydroxylation is 2. The van der Waals surface area contributed by atoms with E-state index in [1.54, 1.807) is 0 Å². The lowest BCUT2D eigenvalue weighted by molar-refractivity contribution is -0.160. The number of benzene rings is 1. The molecular weight excluding hydrogens is 432 g/mol. The van der Waals surface area contributed by atoms with Crippen molar-refractivity contribution in [3.8, 4) is 0 Å². The normalized spacial score (nSPS) is 13.6. The molecule has 0 amide bonds. The van der Waals surface area contributed by atoms with Gasteiger partial charge in [-0.25, -0.2) is 0 Å². The molecule has 0 saturated carbocycles. The molecule has 0 aliphatic rings. The molecule has 5 heteroatoms. The maximum Gasteiger partial charge on any atom is 0.306 e. The molecule has 2 aromatic rings. The fourth-order valence-corrected chi connectivity index (χ4v) is 3.50. The van der Waals surface area contributed by atoms with Gasteiger partial charge in [0.2, 0.25) is 0 Å². The van der Waals surface area contributed by atoms with Gasteiger partial charge in [-0.05, 0) is 70.7 Å². The zero-order chi connectivity index (χ0) is 24.9. The van der Waals surface area contributed by atoms with Crippen LogP contribution in [0.4, 0.5) is 0 Å². The van der Waals surface area contributed by atoms with Gasteiger partial charge < -0.3 is 4.74 Å². The molecule has 1 unspecified atom stereocenters. The average Bonchev–Trinajstić information content (AvgIpc) is 3.20. The van der Waals surface area contributed by atoms with Gasteiger partial charge in [0.05, 0.1) is 5.69 Å². The third kappa shape index (κ3) is 9.43. The summed E-state index contributed by atoms with van der Waals surface area (Å²) in [4.78, 5) is 11.8. The number of nitrogens with zero attached hydrogens (tertiary/aromatic N) is 1. The van der Waals surface area contributed by atoms with E-state index in [0.29, 0.717) is 6.42 Å². The highest BCUT2D eigenvalue weighted by atomic mass is 35.5. The van der Waals surface area contributed by atoms with E-state index in [4.69, 9.17) is 16.3 Å². The first-order valence-electron chi connectivity index (χ1n) is 11.7. The number of carbonyl (C=O) groups excluding carboxylic acids is 1. The van der Waals surface area contributed by atoms with Crippen LogP contribution in [-0.2, 0) is 15.1 Å². The molecule has 180 valence electrons. The van der Waals surface area contributed by atoms with Crippen LogP contribution in [0.15, 0.2) is 54.6 Å². The molecule has 0 saturated heterocycles. The maximum atomic E-state index is 11.8. The van der Waals surface area contributed by atoms with Crippen LogP contribution in [0, 0.1) is 13.8 Å². The molecule has 4 nitrogen and oxygen atoms in total. The van der Waals surface area contributed by atoms with Crippen molar-refractivity contribution in [2.24, 2.45) is 0 Å². The molecule has 0 aliphatic carbocycles. The van der Waals surface area contributed by atoms with Crippen LogP contribution in [0.25, 0.3) is 5.57 Å². The van der Waals surface area contributed by atoms with Crippen molar-refractivity contribution in [3.63, 3.8) is 0 Å². The lowest BCUT2D eigenvalue weighted by Gasteiger charge is -2.30. The van der Waals surface area contributed by atoms with E-state index in [1.807, 2.05) is 84.0 Å². The lowest BCUT2D eigenvalue weighted by Crippen LogP contribution is -2.29. The summed E-state index contributed by atoms with van der Waals surface area (Å²) in [6, 6.07) is 7.87. The fourth-order valence-electron chi connectivity index (χ4n) is 3.38. The number of aromatic nitrogens is 2. The summed E-state index contributed by atoms with van der Waals surface area (Å²) < 4.78 is 5.72. The molecule has 1 aromatic carbocycles. The lowest BCUT2D eigenvalue weighted by atomic mass is 9.90. The first-order chi connectivity index (χ1) is 15.7. The van der Waals surface area contributed by atoms with Crippen molar-refractivity contribution in [2.45, 2.75) is 79.8 Å². The quantitative estimate of drug-likeness (QED) is 0.296. The number of aromatic amines is 1. The summed E-state index contributed by atoms with van der Waals surface area (Å²) in [6.07, 6.45) is 13.2. The first-order valence-corrected chi connectivity index (χ1v) is 12.0. The van der Waals surface area contributed by atoms with Crippen molar-refractivity contribution in [1.82, 2.24) is 10.2 Å². The Kier molecular flexibility index (Phi) is 12.5. The van der Waals surface area contributed by atoms with Gasteiger partial charge in [0.25, 0.3) is 0 Å². The van der Waals surface area contributed by atoms with Crippen LogP contribution < -0.4 is 0 Å². The number of ether oxygens (including phenoxy) is 1. The predicted octanol–water partition coefficient (Wildman–Crippen LogP) is 8.26. The van der Waals surface area contributed by atoms with E-state index < -0.39 is 5.60 Å². The number of hydrogen-bond acceptors (Lipinski definition) is 3. The van der Waals surface area contributed by atoms with Crippen molar-refractivity contribution in [1.29, 1.82) is 0 Å². The standard InChI is InChI=1S/C16H23ClO2.C12H16N2/c1-5-7-15(18)19-16(4,10-6-2)13-8-9-14(17)12(3)11-13;1-4-6-8-11(7-5-2)12-9-10(3)13-14-12/h8-9,11H,5-7,10H2,1-4H3;4-9H,1-3H3,(H,13,14)/b;6-4+,7-5-,11-8+. The summed E-state index contributed by atoms with van der Waals surface area (Å²) in [7, 11) is 0. The highest BCUT2D eigenvalue weighted by Gasteiger charge is 2.30. The molecule has 0 radical (unpaired) electrons. The Labute approximate surface area is 204 Å². The summed E-state index contributed by atoms with van der Waals surface area (Å²) in [5.41, 5.74) is 4.65. The highest BCUT2D eigenvalue weighted by Crippen LogP contribution is 2.33. The van der Waals surface area contributed by atoms with Crippen LogP contribution in [0.2, 0.25) is 5.02 Å². The van der Waals surface area contributed by atoms with Gasteiger partial charge in [0.1, 0.15) is 5.60 Å². The second-order valence-corrected chi connectivity index (χ2v) is 8.66. The first kappa shape index (κ1) is 28.4. The zero-order valence-corrected chi connectivity index (χ0v) is 21.9. The van der Waals surface area contributed by atoms with Crippen LogP contribution in [0.1, 0.15) is 82.8 Å². The van der Waals surface area contributed by atoms with Gasteiger partial charge in [-0.3, -0.25) is 9.89 Å². The highest BCUT2D eigenvalue weighted by molar-refractivity contribution is 6.31. The number of halogens is 1. The number of hydrogen-bond donors (Lipinski definition) is 1. The number of H-pyrrole nitrogens is 1. The van der Waals surface area contributed by atoms with Crippen molar-refractivity contribution < 1.29 is 9.53 Å². The van der Waals surface area contributed by atoms with E-state index in [9.17, 15) is 4.79 Å². The Hall–Kier alpha value is -2.59. The number of nitrogens with one attached hydrogen (secondary N) is 1. The monoisotopic (exact) mass is 470 g/mol. The third-order valence-electron chi connectivity index (χ3n) is 5.11. The van der Waals surface area contributed by atoms with E-state index in [2.05, 4.69) is 29.3 Å². The van der Waals surface area contributed by atoms with E-state index in [-0.39, 0.29) is 5.97 Å². The molecule has 1 atom stereocenters. The van der Waals surface area contributed by atoms with Gasteiger partial charge in [-0.2, -0.15) is 5.10 Å². The minimum absolute atomic E-state index is 0.133. The summed E-state index contributed by atoms with van der Waals surface area (Å²) in [5, 5.41) is 7.88. The smallest absolute Gasteiger partial charge is 0.306 e. The molecule has 0 fully saturated rings. The minimum atomic E-state index is -0.559. The average molecular weight is 471 g/mol. The van der Waals surface area contributed by atoms with Crippen molar-refractivity contribution >= 4 is 23.1 Å². The third-order valence-corrected chi connectivity index (χ3v) is 5.53. The fraction of sp³-hybridized carbons (Fsp3) is 0.429. The molecule has 0 spiro atoms. The predicted molar refractivity (Wildman–Crippen MR) is 140 cm³/mol. The Morgan fingerprint density at radius 3 is 2.39 bits per heavy atom. The Balaban J connectivity index is 0.000000346. The molecule has 1 aromatic heterocycles. The van der Waals surface area contributed by atoms with E-state index in [1.165, 1.54) is 0 Å². The SMILES string of the molecule is CCCC(=O)OC(C)(CCC)c1ccc(Cl)c(C)c1.C\C=C/C(=C\C=C\C)c1cc(C)[nH]n1. The van der Waals surface area contributed by atoms with Crippen LogP contribution in [0.3, 0.4) is 0 Å². The number of esters is 1. The zero-order valence-electron chi connectivity index (χ0n) is 21.2. The topological polar surface area (TPSA) is 55.0 Å². The largest absolute Gasteiger partial charge is 0.454 e. The molecule has 1 heterocycles. The van der Waals surface area contributed by atoms with E-state index in [0.717, 1.165) is 52.4 Å². The molecule has 1 N–H and O–H groups in total. The van der Waals surface area contributed by atoms with Crippen LogP contribution in [0.5, 0.6) is 0 Å².